The van der Waals surface area contributed by atoms with Gasteiger partial charge in [-0.1, -0.05) is 97.1 Å². The third kappa shape index (κ3) is 3.89. The average Bonchev–Trinajstić information content (AvgIpc) is 3.96. The van der Waals surface area contributed by atoms with Crippen molar-refractivity contribution in [1.82, 2.24) is 19.5 Å². The molecule has 12 aromatic rings. The second-order valence-corrected chi connectivity index (χ2v) is 15.3. The van der Waals surface area contributed by atoms with Crippen LogP contribution in [0.3, 0.4) is 0 Å². The Balaban J connectivity index is 1.23. The van der Waals surface area contributed by atoms with E-state index in [2.05, 4.69) is 120 Å². The van der Waals surface area contributed by atoms with Gasteiger partial charge in [0, 0.05) is 73.0 Å². The lowest BCUT2D eigenvalue weighted by Crippen LogP contribution is -2.06. The third-order valence-electron chi connectivity index (χ3n) is 10.3. The molecule has 5 heterocycles. The summed E-state index contributed by atoms with van der Waals surface area (Å²) in [5.74, 6) is 1.81. The summed E-state index contributed by atoms with van der Waals surface area (Å²) >= 11 is 3.63. The number of aromatic nitrogens is 4. The monoisotopic (exact) mass is 700 g/mol. The van der Waals surface area contributed by atoms with Gasteiger partial charge in [0.15, 0.2) is 11.6 Å². The van der Waals surface area contributed by atoms with Gasteiger partial charge in [0.25, 0.3) is 0 Å². The Labute approximate surface area is 303 Å². The average molecular weight is 701 g/mol. The van der Waals surface area contributed by atoms with Crippen LogP contribution in [-0.4, -0.2) is 19.5 Å². The first-order valence-corrected chi connectivity index (χ1v) is 18.8. The number of para-hydroxylation sites is 2. The highest BCUT2D eigenvalue weighted by Crippen LogP contribution is 2.44. The minimum atomic E-state index is 0.575. The van der Waals surface area contributed by atoms with Crippen LogP contribution in [0.25, 0.3) is 113 Å². The summed E-state index contributed by atoms with van der Waals surface area (Å²) in [6.07, 6.45) is 0. The van der Waals surface area contributed by atoms with Crippen LogP contribution in [0.15, 0.2) is 150 Å². The summed E-state index contributed by atoms with van der Waals surface area (Å²) in [6.45, 7) is 0. The highest BCUT2D eigenvalue weighted by Gasteiger charge is 2.23. The highest BCUT2D eigenvalue weighted by atomic mass is 32.1. The van der Waals surface area contributed by atoms with Gasteiger partial charge in [0.05, 0.1) is 11.0 Å². The first kappa shape index (κ1) is 28.3. The number of hydrogen-bond donors (Lipinski definition) is 0. The third-order valence-corrected chi connectivity index (χ3v) is 12.6. The summed E-state index contributed by atoms with van der Waals surface area (Å²) in [7, 11) is 0. The Bertz CT molecular complexity index is 3310. The van der Waals surface area contributed by atoms with Crippen molar-refractivity contribution in [2.75, 3.05) is 0 Å². The molecule has 0 bridgehead atoms. The van der Waals surface area contributed by atoms with E-state index in [1.54, 1.807) is 11.3 Å². The Morgan fingerprint density at radius 2 is 0.962 bits per heavy atom. The Hall–Kier alpha value is -6.41. The van der Waals surface area contributed by atoms with Gasteiger partial charge in [0.2, 0.25) is 5.95 Å². The number of fused-ring (bicyclic) bond motifs is 13. The Morgan fingerprint density at radius 3 is 1.75 bits per heavy atom. The van der Waals surface area contributed by atoms with Crippen molar-refractivity contribution >= 4 is 107 Å². The molecule has 0 fully saturated rings. The number of thiophene rings is 2. The van der Waals surface area contributed by atoms with E-state index in [4.69, 9.17) is 19.4 Å². The molecule has 0 N–H and O–H groups in total. The number of nitrogens with zero attached hydrogens (tertiary/aromatic N) is 4. The van der Waals surface area contributed by atoms with Crippen LogP contribution in [0.5, 0.6) is 0 Å². The van der Waals surface area contributed by atoms with Gasteiger partial charge < -0.3 is 4.42 Å². The van der Waals surface area contributed by atoms with Crippen LogP contribution in [0.1, 0.15) is 0 Å². The molecule has 0 unspecified atom stereocenters. The van der Waals surface area contributed by atoms with E-state index in [1.807, 2.05) is 41.7 Å². The van der Waals surface area contributed by atoms with Crippen LogP contribution < -0.4 is 0 Å². The van der Waals surface area contributed by atoms with Gasteiger partial charge >= 0.3 is 0 Å². The zero-order chi connectivity index (χ0) is 33.9. The molecule has 242 valence electrons. The molecule has 0 aliphatic rings. The predicted molar refractivity (Wildman–Crippen MR) is 218 cm³/mol. The van der Waals surface area contributed by atoms with Crippen LogP contribution in [0.2, 0.25) is 0 Å². The van der Waals surface area contributed by atoms with E-state index in [-0.39, 0.29) is 0 Å². The minimum Gasteiger partial charge on any atom is -0.456 e. The standard InChI is InChI=1S/C45H24N4OS2/c1-5-17-31-25(11-1)41-32(23-24-38-42(41)28-14-4-8-21-36(28)52-38)49(31)45-47-43(29-15-9-19-34-39(29)26-12-2-6-18-33(26)50-34)46-44(48-45)30-16-10-22-37-40(30)27-13-3-7-20-35(27)51-37/h1-24H. The molecule has 0 spiro atoms. The maximum atomic E-state index is 6.34. The minimum absolute atomic E-state index is 0.575. The van der Waals surface area contributed by atoms with Crippen LogP contribution in [-0.2, 0) is 0 Å². The van der Waals surface area contributed by atoms with E-state index in [9.17, 15) is 0 Å². The van der Waals surface area contributed by atoms with E-state index in [0.29, 0.717) is 17.6 Å². The first-order chi connectivity index (χ1) is 25.8. The first-order valence-electron chi connectivity index (χ1n) is 17.2. The summed E-state index contributed by atoms with van der Waals surface area (Å²) < 4.78 is 13.6. The van der Waals surface area contributed by atoms with Crippen molar-refractivity contribution < 1.29 is 4.42 Å². The normalized spacial score (nSPS) is 12.2. The van der Waals surface area contributed by atoms with Crippen molar-refractivity contribution in [1.29, 1.82) is 0 Å². The van der Waals surface area contributed by atoms with E-state index in [0.717, 1.165) is 49.5 Å². The van der Waals surface area contributed by atoms with Gasteiger partial charge in [-0.15, -0.1) is 22.7 Å². The van der Waals surface area contributed by atoms with Gasteiger partial charge in [-0.25, -0.2) is 4.98 Å². The Morgan fingerprint density at radius 1 is 0.385 bits per heavy atom. The topological polar surface area (TPSA) is 56.7 Å². The summed E-state index contributed by atoms with van der Waals surface area (Å²) in [6, 6.07) is 51.1. The van der Waals surface area contributed by atoms with Crippen molar-refractivity contribution in [2.45, 2.75) is 0 Å². The molecule has 7 aromatic carbocycles. The molecule has 0 radical (unpaired) electrons. The molecule has 0 aliphatic carbocycles. The van der Waals surface area contributed by atoms with Gasteiger partial charge in [-0.2, -0.15) is 9.97 Å². The number of furan rings is 1. The second kappa shape index (κ2) is 10.6. The van der Waals surface area contributed by atoms with Crippen LogP contribution in [0, 0.1) is 0 Å². The van der Waals surface area contributed by atoms with Crippen molar-refractivity contribution in [3.8, 4) is 28.7 Å². The summed E-state index contributed by atoms with van der Waals surface area (Å²) in [5, 5.41) is 9.31. The maximum absolute atomic E-state index is 6.34. The van der Waals surface area contributed by atoms with Gasteiger partial charge in [-0.3, -0.25) is 4.57 Å². The quantitative estimate of drug-likeness (QED) is 0.184. The SMILES string of the molecule is c1ccc2c(c1)oc1cccc(-c3nc(-c4cccc5sc6ccccc6c45)nc(-n4c5ccccc5c5c6c(ccc54)sc4ccccc46)n3)c12. The lowest BCUT2D eigenvalue weighted by atomic mass is 10.0. The van der Waals surface area contributed by atoms with Crippen molar-refractivity contribution in [3.05, 3.63) is 146 Å². The van der Waals surface area contributed by atoms with E-state index < -0.39 is 0 Å². The number of rotatable bonds is 3. The molecule has 7 heteroatoms. The molecule has 5 nitrogen and oxygen atoms in total. The smallest absolute Gasteiger partial charge is 0.238 e. The molecular weight excluding hydrogens is 677 g/mol. The molecule has 52 heavy (non-hydrogen) atoms. The molecule has 0 saturated heterocycles. The highest BCUT2D eigenvalue weighted by molar-refractivity contribution is 7.26. The van der Waals surface area contributed by atoms with E-state index in [1.165, 1.54) is 45.7 Å². The molecule has 0 aliphatic heterocycles. The Kier molecular flexibility index (Phi) is 5.75. The number of hydrogen-bond acceptors (Lipinski definition) is 6. The fraction of sp³-hybridized carbons (Fsp3) is 0. The zero-order valence-electron chi connectivity index (χ0n) is 27.4. The van der Waals surface area contributed by atoms with Crippen LogP contribution >= 0.6 is 22.7 Å². The fourth-order valence-corrected chi connectivity index (χ4v) is 10.4. The molecule has 0 saturated carbocycles. The molecular formula is C45H24N4OS2. The van der Waals surface area contributed by atoms with Gasteiger partial charge in [-0.05, 0) is 48.5 Å². The molecule has 5 aromatic heterocycles. The predicted octanol–water partition coefficient (Wildman–Crippen LogP) is 12.9. The zero-order valence-corrected chi connectivity index (χ0v) is 29.0. The van der Waals surface area contributed by atoms with Gasteiger partial charge in [0.1, 0.15) is 11.2 Å². The van der Waals surface area contributed by atoms with Crippen molar-refractivity contribution in [2.24, 2.45) is 0 Å². The fourth-order valence-electron chi connectivity index (χ4n) is 8.12. The summed E-state index contributed by atoms with van der Waals surface area (Å²) in [4.78, 5) is 16.1. The maximum Gasteiger partial charge on any atom is 0.238 e. The second-order valence-electron chi connectivity index (χ2n) is 13.1. The number of benzene rings is 7. The summed E-state index contributed by atoms with van der Waals surface area (Å²) in [5.41, 5.74) is 5.64. The van der Waals surface area contributed by atoms with E-state index >= 15 is 0 Å². The van der Waals surface area contributed by atoms with Crippen molar-refractivity contribution in [3.63, 3.8) is 0 Å². The molecule has 0 amide bonds. The lowest BCUT2D eigenvalue weighted by molar-refractivity contribution is 0.669. The lowest BCUT2D eigenvalue weighted by Gasteiger charge is -2.12. The van der Waals surface area contributed by atoms with Crippen LogP contribution in [0.4, 0.5) is 0 Å². The molecule has 12 rings (SSSR count). The largest absolute Gasteiger partial charge is 0.456 e. The molecule has 0 atom stereocenters.